The van der Waals surface area contributed by atoms with Crippen LogP contribution < -0.4 is 10.6 Å². The smallest absolute Gasteiger partial charge is 0.191 e. The van der Waals surface area contributed by atoms with E-state index in [4.69, 9.17) is 16.1 Å². The van der Waals surface area contributed by atoms with Crippen LogP contribution in [0.3, 0.4) is 0 Å². The van der Waals surface area contributed by atoms with Crippen LogP contribution in [0.4, 0.5) is 0 Å². The molecule has 0 aliphatic heterocycles. The molecule has 0 radical (unpaired) electrons. The van der Waals surface area contributed by atoms with Gasteiger partial charge in [-0.05, 0) is 36.1 Å². The molecule has 138 valence electrons. The topological polar surface area (TPSA) is 62.5 Å². The molecule has 0 saturated heterocycles. The largest absolute Gasteiger partial charge is 0.359 e. The van der Waals surface area contributed by atoms with Crippen LogP contribution in [-0.2, 0) is 13.0 Å². The number of hydrogen-bond acceptors (Lipinski definition) is 3. The third-order valence-electron chi connectivity index (χ3n) is 3.52. The van der Waals surface area contributed by atoms with Crippen molar-refractivity contribution < 1.29 is 4.52 Å². The Balaban J connectivity index is 0.00000312. The van der Waals surface area contributed by atoms with E-state index in [2.05, 4.69) is 50.6 Å². The fourth-order valence-corrected chi connectivity index (χ4v) is 2.77. The molecule has 0 aliphatic rings. The van der Waals surface area contributed by atoms with Gasteiger partial charge in [0.05, 0.1) is 12.2 Å². The van der Waals surface area contributed by atoms with Gasteiger partial charge in [-0.15, -0.1) is 24.0 Å². The summed E-state index contributed by atoms with van der Waals surface area (Å²) in [5.74, 6) is 1.87. The third kappa shape index (κ3) is 7.15. The van der Waals surface area contributed by atoms with Gasteiger partial charge < -0.3 is 15.2 Å². The predicted octanol–water partition coefficient (Wildman–Crippen LogP) is 4.74. The maximum Gasteiger partial charge on any atom is 0.191 e. The number of aliphatic imine (C=N–C) groups is 1. The number of hydrogen-bond donors (Lipinski definition) is 2. The Morgan fingerprint density at radius 3 is 2.72 bits per heavy atom. The average molecular weight is 542 g/mol. The molecule has 0 saturated carbocycles. The van der Waals surface area contributed by atoms with Crippen molar-refractivity contribution in [2.45, 2.75) is 32.7 Å². The first-order valence-corrected chi connectivity index (χ1v) is 9.00. The van der Waals surface area contributed by atoms with E-state index in [-0.39, 0.29) is 24.0 Å². The van der Waals surface area contributed by atoms with E-state index in [0.717, 1.165) is 45.4 Å². The van der Waals surface area contributed by atoms with Gasteiger partial charge in [0.25, 0.3) is 0 Å². The van der Waals surface area contributed by atoms with Gasteiger partial charge in [-0.2, -0.15) is 0 Å². The molecule has 8 heteroatoms. The van der Waals surface area contributed by atoms with Crippen LogP contribution in [0, 0.1) is 0 Å². The highest BCUT2D eigenvalue weighted by molar-refractivity contribution is 14.0. The van der Waals surface area contributed by atoms with Crippen LogP contribution in [0.15, 0.2) is 38.3 Å². The fourth-order valence-electron chi connectivity index (χ4n) is 2.13. The van der Waals surface area contributed by atoms with Crippen molar-refractivity contribution in [1.29, 1.82) is 0 Å². The average Bonchev–Trinajstić information content (AvgIpc) is 3.03. The van der Waals surface area contributed by atoms with Gasteiger partial charge in [0.1, 0.15) is 0 Å². The van der Waals surface area contributed by atoms with Crippen LogP contribution >= 0.6 is 51.5 Å². The molecule has 0 bridgehead atoms. The second kappa shape index (κ2) is 11.0. The van der Waals surface area contributed by atoms with Crippen LogP contribution in [-0.4, -0.2) is 24.7 Å². The minimum atomic E-state index is 0. The van der Waals surface area contributed by atoms with Crippen LogP contribution in [0.5, 0.6) is 0 Å². The molecular formula is C17H23BrClIN4O. The third-order valence-corrected chi connectivity index (χ3v) is 4.53. The normalized spacial score (nSPS) is 11.4. The lowest BCUT2D eigenvalue weighted by Gasteiger charge is -2.11. The van der Waals surface area contributed by atoms with E-state index in [1.807, 2.05) is 24.3 Å². The zero-order valence-electron chi connectivity index (χ0n) is 14.5. The molecule has 0 spiro atoms. The molecule has 5 nitrogen and oxygen atoms in total. The molecule has 0 amide bonds. The summed E-state index contributed by atoms with van der Waals surface area (Å²) in [6.45, 7) is 5.46. The van der Waals surface area contributed by atoms with Crippen molar-refractivity contribution in [1.82, 2.24) is 15.8 Å². The molecule has 25 heavy (non-hydrogen) atoms. The molecule has 2 N–H and O–H groups in total. The monoisotopic (exact) mass is 540 g/mol. The van der Waals surface area contributed by atoms with Crippen LogP contribution in [0.25, 0.3) is 0 Å². The first-order valence-electron chi connectivity index (χ1n) is 7.83. The summed E-state index contributed by atoms with van der Waals surface area (Å²) >= 11 is 9.57. The molecule has 0 atom stereocenters. The predicted molar refractivity (Wildman–Crippen MR) is 117 cm³/mol. The molecule has 2 aromatic rings. The first-order chi connectivity index (χ1) is 11.5. The Morgan fingerprint density at radius 2 is 2.08 bits per heavy atom. The Labute approximate surface area is 179 Å². The highest BCUT2D eigenvalue weighted by Crippen LogP contribution is 2.21. The number of nitrogens with one attached hydrogen (secondary N) is 2. The lowest BCUT2D eigenvalue weighted by Crippen LogP contribution is -2.37. The summed E-state index contributed by atoms with van der Waals surface area (Å²) in [6, 6.07) is 7.76. The highest BCUT2D eigenvalue weighted by atomic mass is 127. The first kappa shape index (κ1) is 22.2. The number of nitrogens with zero attached hydrogens (tertiary/aromatic N) is 2. The summed E-state index contributed by atoms with van der Waals surface area (Å²) in [5, 5.41) is 11.3. The summed E-state index contributed by atoms with van der Waals surface area (Å²) < 4.78 is 6.36. The van der Waals surface area contributed by atoms with Crippen LogP contribution in [0.1, 0.15) is 36.8 Å². The zero-order valence-corrected chi connectivity index (χ0v) is 19.1. The summed E-state index contributed by atoms with van der Waals surface area (Å²) in [5.41, 5.74) is 2.11. The number of halogens is 3. The van der Waals surface area contributed by atoms with Gasteiger partial charge in [0.15, 0.2) is 11.7 Å². The summed E-state index contributed by atoms with van der Waals surface area (Å²) in [6.07, 6.45) is 0.835. The molecule has 2 rings (SSSR count). The number of rotatable bonds is 6. The molecule has 1 aromatic heterocycles. The molecule has 1 aromatic carbocycles. The van der Waals surface area contributed by atoms with Crippen molar-refractivity contribution in [2.24, 2.45) is 4.99 Å². The van der Waals surface area contributed by atoms with Gasteiger partial charge in [0.2, 0.25) is 0 Å². The fraction of sp³-hybridized carbons (Fsp3) is 0.412. The Kier molecular flexibility index (Phi) is 9.81. The highest BCUT2D eigenvalue weighted by Gasteiger charge is 2.08. The van der Waals surface area contributed by atoms with Gasteiger partial charge in [0, 0.05) is 29.2 Å². The second-order valence-electron chi connectivity index (χ2n) is 5.71. The maximum absolute atomic E-state index is 6.03. The lowest BCUT2D eigenvalue weighted by molar-refractivity contribution is 0.372. The van der Waals surface area contributed by atoms with Crippen molar-refractivity contribution in [2.75, 3.05) is 13.6 Å². The van der Waals surface area contributed by atoms with Crippen molar-refractivity contribution in [3.05, 3.63) is 50.8 Å². The lowest BCUT2D eigenvalue weighted by atomic mass is 10.1. The maximum atomic E-state index is 6.03. The summed E-state index contributed by atoms with van der Waals surface area (Å²) in [4.78, 5) is 4.21. The van der Waals surface area contributed by atoms with E-state index in [0.29, 0.717) is 12.5 Å². The Hall–Kier alpha value is -0.800. The van der Waals surface area contributed by atoms with E-state index in [1.54, 1.807) is 7.05 Å². The van der Waals surface area contributed by atoms with E-state index >= 15 is 0 Å². The van der Waals surface area contributed by atoms with Gasteiger partial charge in [-0.1, -0.05) is 46.5 Å². The standard InChI is InChI=1S/C17H22BrClN4O.HI/c1-11(2)16-9-14(24-23-16)10-22-17(20-3)21-7-6-12-8-13(19)4-5-15(12)18;/h4-5,8-9,11H,6-7,10H2,1-3H3,(H2,20,21,22);1H. The molecule has 0 unspecified atom stereocenters. The zero-order chi connectivity index (χ0) is 17.5. The number of aromatic nitrogens is 1. The van der Waals surface area contributed by atoms with Crippen molar-refractivity contribution >= 4 is 57.5 Å². The number of guanidine groups is 1. The van der Waals surface area contributed by atoms with Crippen molar-refractivity contribution in [3.8, 4) is 0 Å². The molecule has 0 aliphatic carbocycles. The van der Waals surface area contributed by atoms with Gasteiger partial charge in [-0.3, -0.25) is 4.99 Å². The molecule has 0 fully saturated rings. The molecule has 1 heterocycles. The molecular weight excluding hydrogens is 518 g/mol. The Morgan fingerprint density at radius 1 is 1.32 bits per heavy atom. The van der Waals surface area contributed by atoms with E-state index in [1.165, 1.54) is 0 Å². The summed E-state index contributed by atoms with van der Waals surface area (Å²) in [7, 11) is 1.74. The minimum Gasteiger partial charge on any atom is -0.359 e. The minimum absolute atomic E-state index is 0. The van der Waals surface area contributed by atoms with E-state index in [9.17, 15) is 0 Å². The SMILES string of the molecule is CN=C(NCCc1cc(Cl)ccc1Br)NCc1cc(C(C)C)no1.I. The number of benzene rings is 1. The second-order valence-corrected chi connectivity index (χ2v) is 7.00. The quantitative estimate of drug-likeness (QED) is 0.315. The van der Waals surface area contributed by atoms with E-state index < -0.39 is 0 Å². The van der Waals surface area contributed by atoms with Crippen LogP contribution in [0.2, 0.25) is 5.02 Å². The van der Waals surface area contributed by atoms with Crippen molar-refractivity contribution in [3.63, 3.8) is 0 Å². The van der Waals surface area contributed by atoms with Gasteiger partial charge in [-0.25, -0.2) is 0 Å². The van der Waals surface area contributed by atoms with Gasteiger partial charge >= 0.3 is 0 Å². The Bertz CT molecular complexity index is 706.